The van der Waals surface area contributed by atoms with Gasteiger partial charge in [0.15, 0.2) is 0 Å². The van der Waals surface area contributed by atoms with E-state index in [9.17, 15) is 0 Å². The summed E-state index contributed by atoms with van der Waals surface area (Å²) >= 11 is 1.62. The molecule has 6 nitrogen and oxygen atoms in total. The van der Waals surface area contributed by atoms with Crippen LogP contribution >= 0.6 is 11.8 Å². The second-order valence-corrected chi connectivity index (χ2v) is 3.67. The van der Waals surface area contributed by atoms with Crippen molar-refractivity contribution in [2.75, 3.05) is 12.4 Å². The van der Waals surface area contributed by atoms with E-state index in [-0.39, 0.29) is 6.61 Å². The number of hydrogen-bond acceptors (Lipinski definition) is 6. The summed E-state index contributed by atoms with van der Waals surface area (Å²) in [5, 5.41) is 23.5. The minimum atomic E-state index is 0.181. The van der Waals surface area contributed by atoms with Crippen molar-refractivity contribution in [1.29, 1.82) is 0 Å². The molecule has 73 valence electrons. The molecular weight excluding hydrogens is 202 g/mol. The molecular formula is C7H8N5OS. The quantitative estimate of drug-likeness (QED) is 0.688. The summed E-state index contributed by atoms with van der Waals surface area (Å²) in [4.78, 5) is 0. The zero-order valence-corrected chi connectivity index (χ0v) is 8.11. The van der Waals surface area contributed by atoms with Crippen LogP contribution in [-0.4, -0.2) is 42.7 Å². The van der Waals surface area contributed by atoms with E-state index in [1.807, 2.05) is 0 Å². The third kappa shape index (κ3) is 1.83. The molecule has 0 unspecified atom stereocenters. The van der Waals surface area contributed by atoms with E-state index in [4.69, 9.17) is 5.11 Å². The van der Waals surface area contributed by atoms with Gasteiger partial charge in [-0.25, -0.2) is 0 Å². The molecule has 2 aromatic heterocycles. The smallest absolute Gasteiger partial charge is 0.204 e. The molecule has 0 saturated carbocycles. The van der Waals surface area contributed by atoms with E-state index in [0.29, 0.717) is 11.4 Å². The molecule has 2 aromatic rings. The van der Waals surface area contributed by atoms with Gasteiger partial charge in [0.25, 0.3) is 0 Å². The number of aliphatic hydroxyl groups excluding tert-OH is 1. The third-order valence-electron chi connectivity index (χ3n) is 1.63. The molecule has 0 bridgehead atoms. The highest BCUT2D eigenvalue weighted by Gasteiger charge is 2.04. The second kappa shape index (κ2) is 4.34. The van der Waals surface area contributed by atoms with Crippen LogP contribution in [0.15, 0.2) is 6.07 Å². The van der Waals surface area contributed by atoms with Gasteiger partial charge in [-0.2, -0.15) is 11.8 Å². The minimum Gasteiger partial charge on any atom is -0.396 e. The Morgan fingerprint density at radius 1 is 1.57 bits per heavy atom. The topological polar surface area (TPSA) is 76.2 Å². The first-order valence-corrected chi connectivity index (χ1v) is 5.20. The molecule has 0 fully saturated rings. The van der Waals surface area contributed by atoms with Crippen LogP contribution in [0, 0.1) is 6.20 Å². The number of aromatic nitrogens is 5. The Hall–Kier alpha value is -1.21. The highest BCUT2D eigenvalue weighted by atomic mass is 32.2. The fourth-order valence-electron chi connectivity index (χ4n) is 1.02. The molecule has 0 aromatic carbocycles. The van der Waals surface area contributed by atoms with Gasteiger partial charge >= 0.3 is 0 Å². The summed E-state index contributed by atoms with van der Waals surface area (Å²) < 4.78 is 1.34. The number of tetrazole rings is 1. The molecule has 0 atom stereocenters. The van der Waals surface area contributed by atoms with E-state index in [0.717, 1.165) is 11.3 Å². The van der Waals surface area contributed by atoms with Crippen molar-refractivity contribution >= 4 is 17.4 Å². The predicted molar refractivity (Wildman–Crippen MR) is 50.7 cm³/mol. The van der Waals surface area contributed by atoms with Crippen LogP contribution < -0.4 is 0 Å². The second-order valence-electron chi connectivity index (χ2n) is 2.57. The molecule has 14 heavy (non-hydrogen) atoms. The van der Waals surface area contributed by atoms with E-state index < -0.39 is 0 Å². The van der Waals surface area contributed by atoms with E-state index >= 15 is 0 Å². The van der Waals surface area contributed by atoms with Crippen molar-refractivity contribution in [3.8, 4) is 0 Å². The maximum atomic E-state index is 8.63. The molecule has 0 saturated heterocycles. The number of fused-ring (bicyclic) bond motifs is 1. The lowest BCUT2D eigenvalue weighted by atomic mass is 10.3. The van der Waals surface area contributed by atoms with Gasteiger partial charge in [-0.15, -0.1) is 14.8 Å². The molecule has 0 aliphatic heterocycles. The van der Waals surface area contributed by atoms with Gasteiger partial charge in [-0.05, 0) is 16.5 Å². The van der Waals surface area contributed by atoms with E-state index in [2.05, 4.69) is 26.8 Å². The molecule has 1 radical (unpaired) electrons. The predicted octanol–water partition coefficient (Wildman–Crippen LogP) is -0.455. The fourth-order valence-corrected chi connectivity index (χ4v) is 1.73. The lowest BCUT2D eigenvalue weighted by molar-refractivity contribution is 0.322. The Bertz CT molecular complexity index is 417. The van der Waals surface area contributed by atoms with Gasteiger partial charge < -0.3 is 5.11 Å². The molecule has 0 aliphatic carbocycles. The third-order valence-corrected chi connectivity index (χ3v) is 2.61. The van der Waals surface area contributed by atoms with E-state index in [1.165, 1.54) is 4.63 Å². The highest BCUT2D eigenvalue weighted by molar-refractivity contribution is 7.98. The van der Waals surface area contributed by atoms with Gasteiger partial charge in [0.2, 0.25) is 5.65 Å². The van der Waals surface area contributed by atoms with Crippen LogP contribution in [0.4, 0.5) is 0 Å². The first kappa shape index (κ1) is 9.35. The number of nitrogens with zero attached hydrogens (tertiary/aromatic N) is 5. The molecule has 2 rings (SSSR count). The Morgan fingerprint density at radius 2 is 2.50 bits per heavy atom. The molecule has 0 amide bonds. The standard InChI is InChI=1S/C7H8N5OS/c13-3-4-14-5-6-1-2-8-12-7(6)9-10-11-12/h1,13H,3-5H2. The van der Waals surface area contributed by atoms with Gasteiger partial charge in [0, 0.05) is 17.1 Å². The van der Waals surface area contributed by atoms with Crippen molar-refractivity contribution in [3.05, 3.63) is 17.8 Å². The monoisotopic (exact) mass is 210 g/mol. The zero-order valence-electron chi connectivity index (χ0n) is 7.29. The van der Waals surface area contributed by atoms with Gasteiger partial charge in [-0.1, -0.05) is 0 Å². The fraction of sp³-hybridized carbons (Fsp3) is 0.429. The van der Waals surface area contributed by atoms with Crippen molar-refractivity contribution in [3.63, 3.8) is 0 Å². The number of aliphatic hydroxyl groups is 1. The van der Waals surface area contributed by atoms with Crippen LogP contribution in [0.1, 0.15) is 5.56 Å². The normalized spacial score (nSPS) is 10.9. The van der Waals surface area contributed by atoms with Crippen LogP contribution in [-0.2, 0) is 5.75 Å². The first-order valence-electron chi connectivity index (χ1n) is 4.05. The Balaban J connectivity index is 2.19. The Morgan fingerprint density at radius 3 is 3.36 bits per heavy atom. The SMILES string of the molecule is OCCSCc1c[c]nn2nnnc12. The largest absolute Gasteiger partial charge is 0.396 e. The summed E-state index contributed by atoms with van der Waals surface area (Å²) in [6.45, 7) is 0.181. The van der Waals surface area contributed by atoms with Crippen LogP contribution in [0.2, 0.25) is 0 Å². The average molecular weight is 210 g/mol. The average Bonchev–Trinajstić information content (AvgIpc) is 2.67. The van der Waals surface area contributed by atoms with Crippen molar-refractivity contribution in [2.45, 2.75) is 5.75 Å². The molecule has 2 heterocycles. The Kier molecular flexibility index (Phi) is 2.90. The minimum absolute atomic E-state index is 0.181. The molecule has 7 heteroatoms. The number of hydrogen-bond donors (Lipinski definition) is 1. The summed E-state index contributed by atoms with van der Waals surface area (Å²) in [5.74, 6) is 1.46. The van der Waals surface area contributed by atoms with E-state index in [1.54, 1.807) is 17.8 Å². The number of rotatable bonds is 4. The Labute approximate surface area is 84.3 Å². The maximum Gasteiger partial charge on any atom is 0.204 e. The lowest BCUT2D eigenvalue weighted by Gasteiger charge is -1.99. The van der Waals surface area contributed by atoms with Crippen molar-refractivity contribution < 1.29 is 5.11 Å². The van der Waals surface area contributed by atoms with Crippen LogP contribution in [0.5, 0.6) is 0 Å². The summed E-state index contributed by atoms with van der Waals surface area (Å²) in [6, 6.07) is 1.76. The summed E-state index contributed by atoms with van der Waals surface area (Å²) in [6.07, 6.45) is 2.71. The lowest BCUT2D eigenvalue weighted by Crippen LogP contribution is -1.97. The van der Waals surface area contributed by atoms with Gasteiger partial charge in [-0.3, -0.25) is 0 Å². The van der Waals surface area contributed by atoms with Gasteiger partial charge in [0.05, 0.1) is 6.61 Å². The highest BCUT2D eigenvalue weighted by Crippen LogP contribution is 2.13. The van der Waals surface area contributed by atoms with Crippen molar-refractivity contribution in [1.82, 2.24) is 25.3 Å². The van der Waals surface area contributed by atoms with Crippen LogP contribution in [0.25, 0.3) is 5.65 Å². The van der Waals surface area contributed by atoms with Gasteiger partial charge in [0.1, 0.15) is 6.20 Å². The van der Waals surface area contributed by atoms with Crippen LogP contribution in [0.3, 0.4) is 0 Å². The summed E-state index contributed by atoms with van der Waals surface area (Å²) in [7, 11) is 0. The zero-order chi connectivity index (χ0) is 9.80. The molecule has 0 aliphatic rings. The number of thioether (sulfide) groups is 1. The first-order chi connectivity index (χ1) is 6.92. The van der Waals surface area contributed by atoms with Crippen molar-refractivity contribution in [2.24, 2.45) is 0 Å². The summed E-state index contributed by atoms with van der Waals surface area (Å²) in [5.41, 5.74) is 1.62. The molecule has 1 N–H and O–H groups in total. The molecule has 0 spiro atoms. The maximum absolute atomic E-state index is 8.63.